The van der Waals surface area contributed by atoms with Crippen molar-refractivity contribution in [3.05, 3.63) is 24.5 Å². The van der Waals surface area contributed by atoms with Gasteiger partial charge in [0.1, 0.15) is 12.5 Å². The van der Waals surface area contributed by atoms with E-state index in [1.807, 2.05) is 17.2 Å². The maximum atomic E-state index is 5.45. The lowest BCUT2D eigenvalue weighted by Crippen LogP contribution is -2.19. The molecule has 0 fully saturated rings. The number of hydrogen-bond acceptors (Lipinski definition) is 5. The van der Waals surface area contributed by atoms with Crippen molar-refractivity contribution in [1.29, 1.82) is 0 Å². The molecule has 2 heterocycles. The summed E-state index contributed by atoms with van der Waals surface area (Å²) in [6.07, 6.45) is 7.13. The molecule has 2 rings (SSSR count). The van der Waals surface area contributed by atoms with Gasteiger partial charge in [-0.25, -0.2) is 4.98 Å². The molecule has 1 aromatic heterocycles. The number of aliphatic imine (C=N–C) groups is 1. The zero-order valence-electron chi connectivity index (χ0n) is 6.96. The molecule has 0 amide bonds. The number of nitrogens with zero attached hydrogens (tertiary/aromatic N) is 4. The van der Waals surface area contributed by atoms with Crippen molar-refractivity contribution in [1.82, 2.24) is 9.97 Å². The Balaban J connectivity index is 2.25. The van der Waals surface area contributed by atoms with E-state index in [2.05, 4.69) is 15.0 Å². The summed E-state index contributed by atoms with van der Waals surface area (Å²) in [6.45, 7) is 0.576. The molecule has 0 saturated carbocycles. The highest BCUT2D eigenvalue weighted by molar-refractivity contribution is 5.73. The Morgan fingerprint density at radius 3 is 3.08 bits per heavy atom. The van der Waals surface area contributed by atoms with Gasteiger partial charge in [0.15, 0.2) is 0 Å². The van der Waals surface area contributed by atoms with E-state index in [-0.39, 0.29) is 5.95 Å². The molecule has 66 valence electrons. The van der Waals surface area contributed by atoms with Crippen LogP contribution >= 0.6 is 0 Å². The highest BCUT2D eigenvalue weighted by atomic mass is 15.2. The number of nitrogen functional groups attached to an aromatic ring is 1. The first kappa shape index (κ1) is 7.72. The highest BCUT2D eigenvalue weighted by Crippen LogP contribution is 2.11. The van der Waals surface area contributed by atoms with Crippen molar-refractivity contribution in [3.8, 4) is 0 Å². The van der Waals surface area contributed by atoms with Crippen LogP contribution in [0.4, 0.5) is 11.8 Å². The van der Waals surface area contributed by atoms with Gasteiger partial charge in [-0.05, 0) is 12.1 Å². The molecule has 0 bridgehead atoms. The first-order valence-electron chi connectivity index (χ1n) is 3.88. The van der Waals surface area contributed by atoms with Gasteiger partial charge in [0.2, 0.25) is 5.95 Å². The second-order valence-electron chi connectivity index (χ2n) is 2.56. The van der Waals surface area contributed by atoms with Crippen molar-refractivity contribution in [2.75, 3.05) is 17.3 Å². The van der Waals surface area contributed by atoms with Crippen molar-refractivity contribution in [2.24, 2.45) is 4.99 Å². The molecule has 1 aromatic rings. The van der Waals surface area contributed by atoms with Gasteiger partial charge in [-0.15, -0.1) is 0 Å². The van der Waals surface area contributed by atoms with Gasteiger partial charge in [-0.2, -0.15) is 4.98 Å². The van der Waals surface area contributed by atoms with Crippen LogP contribution in [0.2, 0.25) is 0 Å². The smallest absolute Gasteiger partial charge is 0.221 e. The van der Waals surface area contributed by atoms with Gasteiger partial charge in [0.25, 0.3) is 0 Å². The third-order valence-corrected chi connectivity index (χ3v) is 1.65. The standard InChI is InChI=1S/C8H9N5/c9-8-11-4-2-7(12-8)13-5-1-3-10-6-13/h1-5H,6H2,(H2,9,11,12). The van der Waals surface area contributed by atoms with Crippen LogP contribution in [-0.4, -0.2) is 22.9 Å². The maximum absolute atomic E-state index is 5.45. The van der Waals surface area contributed by atoms with E-state index in [9.17, 15) is 0 Å². The van der Waals surface area contributed by atoms with Crippen LogP contribution in [-0.2, 0) is 0 Å². The van der Waals surface area contributed by atoms with Crippen LogP contribution in [0, 0.1) is 0 Å². The first-order chi connectivity index (χ1) is 6.36. The van der Waals surface area contributed by atoms with E-state index >= 15 is 0 Å². The quantitative estimate of drug-likeness (QED) is 0.671. The predicted molar refractivity (Wildman–Crippen MR) is 51.4 cm³/mol. The number of hydrogen-bond donors (Lipinski definition) is 1. The van der Waals surface area contributed by atoms with Gasteiger partial charge in [-0.1, -0.05) is 0 Å². The Bertz CT molecular complexity index is 357. The summed E-state index contributed by atoms with van der Waals surface area (Å²) >= 11 is 0. The van der Waals surface area contributed by atoms with E-state index in [1.165, 1.54) is 0 Å². The molecule has 0 radical (unpaired) electrons. The summed E-state index contributed by atoms with van der Waals surface area (Å²) < 4.78 is 0. The summed E-state index contributed by atoms with van der Waals surface area (Å²) in [5.41, 5.74) is 5.45. The SMILES string of the molecule is Nc1nccc(N2C=CC=NC2)n1. The Morgan fingerprint density at radius 1 is 1.46 bits per heavy atom. The summed E-state index contributed by atoms with van der Waals surface area (Å²) in [4.78, 5) is 13.8. The Hall–Kier alpha value is -1.91. The minimum Gasteiger partial charge on any atom is -0.368 e. The normalized spacial score (nSPS) is 14.9. The third kappa shape index (κ3) is 1.64. The van der Waals surface area contributed by atoms with Gasteiger partial charge in [0.05, 0.1) is 0 Å². The van der Waals surface area contributed by atoms with E-state index in [4.69, 9.17) is 5.73 Å². The van der Waals surface area contributed by atoms with Crippen LogP contribution in [0.3, 0.4) is 0 Å². The molecule has 1 aliphatic heterocycles. The Morgan fingerprint density at radius 2 is 2.38 bits per heavy atom. The van der Waals surface area contributed by atoms with Crippen LogP contribution in [0.25, 0.3) is 0 Å². The second-order valence-corrected chi connectivity index (χ2v) is 2.56. The zero-order valence-corrected chi connectivity index (χ0v) is 6.96. The number of anilines is 2. The maximum Gasteiger partial charge on any atom is 0.221 e. The van der Waals surface area contributed by atoms with Gasteiger partial charge < -0.3 is 10.6 Å². The minimum atomic E-state index is 0.278. The highest BCUT2D eigenvalue weighted by Gasteiger charge is 2.05. The number of rotatable bonds is 1. The lowest BCUT2D eigenvalue weighted by molar-refractivity contribution is 0.938. The summed E-state index contributed by atoms with van der Waals surface area (Å²) in [5.74, 6) is 1.04. The molecule has 0 unspecified atom stereocenters. The van der Waals surface area contributed by atoms with E-state index in [0.29, 0.717) is 6.67 Å². The van der Waals surface area contributed by atoms with Crippen molar-refractivity contribution in [2.45, 2.75) is 0 Å². The lowest BCUT2D eigenvalue weighted by Gasteiger charge is -2.18. The fourth-order valence-corrected chi connectivity index (χ4v) is 1.06. The number of aromatic nitrogens is 2. The summed E-state index contributed by atoms with van der Waals surface area (Å²) in [6, 6.07) is 1.79. The molecule has 2 N–H and O–H groups in total. The number of allylic oxidation sites excluding steroid dienone is 1. The topological polar surface area (TPSA) is 67.4 Å². The second kappa shape index (κ2) is 3.22. The van der Waals surface area contributed by atoms with Gasteiger partial charge in [0, 0.05) is 18.6 Å². The van der Waals surface area contributed by atoms with Crippen LogP contribution in [0.5, 0.6) is 0 Å². The molecular weight excluding hydrogens is 166 g/mol. The molecule has 0 saturated heterocycles. The first-order valence-corrected chi connectivity index (χ1v) is 3.88. The molecule has 5 heteroatoms. The Kier molecular flexibility index (Phi) is 1.91. The monoisotopic (exact) mass is 175 g/mol. The third-order valence-electron chi connectivity index (χ3n) is 1.65. The molecule has 0 aliphatic carbocycles. The molecule has 0 atom stereocenters. The van der Waals surface area contributed by atoms with Gasteiger partial charge in [-0.3, -0.25) is 4.99 Å². The van der Waals surface area contributed by atoms with Crippen molar-refractivity contribution < 1.29 is 0 Å². The minimum absolute atomic E-state index is 0.278. The lowest BCUT2D eigenvalue weighted by atomic mass is 10.5. The van der Waals surface area contributed by atoms with E-state index in [0.717, 1.165) is 5.82 Å². The van der Waals surface area contributed by atoms with Crippen LogP contribution < -0.4 is 10.6 Å². The van der Waals surface area contributed by atoms with Crippen LogP contribution in [0.1, 0.15) is 0 Å². The largest absolute Gasteiger partial charge is 0.368 e. The molecule has 0 spiro atoms. The summed E-state index contributed by atoms with van der Waals surface area (Å²) in [5, 5.41) is 0. The zero-order chi connectivity index (χ0) is 9.10. The number of nitrogens with two attached hydrogens (primary N) is 1. The van der Waals surface area contributed by atoms with E-state index in [1.54, 1.807) is 18.5 Å². The fraction of sp³-hybridized carbons (Fsp3) is 0.125. The molecular formula is C8H9N5. The molecule has 1 aliphatic rings. The molecule has 13 heavy (non-hydrogen) atoms. The molecule has 0 aromatic carbocycles. The van der Waals surface area contributed by atoms with E-state index < -0.39 is 0 Å². The predicted octanol–water partition coefficient (Wildman–Crippen LogP) is 0.421. The van der Waals surface area contributed by atoms with Crippen molar-refractivity contribution in [3.63, 3.8) is 0 Å². The van der Waals surface area contributed by atoms with Crippen LogP contribution in [0.15, 0.2) is 29.5 Å². The fourth-order valence-electron chi connectivity index (χ4n) is 1.06. The van der Waals surface area contributed by atoms with Gasteiger partial charge >= 0.3 is 0 Å². The average molecular weight is 175 g/mol. The summed E-state index contributed by atoms with van der Waals surface area (Å²) in [7, 11) is 0. The molecule has 5 nitrogen and oxygen atoms in total. The Labute approximate surface area is 75.6 Å². The average Bonchev–Trinajstić information content (AvgIpc) is 2.19. The van der Waals surface area contributed by atoms with Crippen molar-refractivity contribution >= 4 is 18.0 Å².